The molecule has 0 aliphatic rings. The summed E-state index contributed by atoms with van der Waals surface area (Å²) in [6.45, 7) is 0.0762. The first-order chi connectivity index (χ1) is 5.61. The molecule has 1 aromatic rings. The van der Waals surface area contributed by atoms with Gasteiger partial charge in [-0.2, -0.15) is 5.06 Å². The molecule has 0 aromatic carbocycles. The third-order valence-electron chi connectivity index (χ3n) is 1.28. The zero-order chi connectivity index (χ0) is 9.14. The Labute approximate surface area is 67.7 Å². The molecule has 0 radical (unpaired) electrons. The molecule has 0 amide bonds. The van der Waals surface area contributed by atoms with Crippen LogP contribution >= 0.6 is 0 Å². The standard InChI is InChI=1S/C5H8N4O3/c1-8(10)3-4-2-6-7-5(4)9(11)12/h2,10H,3H2,1H3,(H,6,7). The molecule has 0 aliphatic carbocycles. The van der Waals surface area contributed by atoms with Gasteiger partial charge in [-0.05, 0) is 4.92 Å². The van der Waals surface area contributed by atoms with Crippen LogP contribution < -0.4 is 0 Å². The molecular formula is C5H8N4O3. The van der Waals surface area contributed by atoms with Crippen molar-refractivity contribution in [3.05, 3.63) is 21.9 Å². The maximum Gasteiger partial charge on any atom is 0.347 e. The summed E-state index contributed by atoms with van der Waals surface area (Å²) in [5.74, 6) is -0.184. The van der Waals surface area contributed by atoms with Gasteiger partial charge in [-0.25, -0.2) is 0 Å². The highest BCUT2D eigenvalue weighted by atomic mass is 16.6. The van der Waals surface area contributed by atoms with E-state index in [1.807, 2.05) is 0 Å². The normalized spacial score (nSPS) is 10.6. The van der Waals surface area contributed by atoms with E-state index < -0.39 is 4.92 Å². The summed E-state index contributed by atoms with van der Waals surface area (Å²) in [5, 5.41) is 25.7. The molecule has 7 nitrogen and oxygen atoms in total. The molecule has 0 saturated heterocycles. The third-order valence-corrected chi connectivity index (χ3v) is 1.28. The molecule has 66 valence electrons. The van der Waals surface area contributed by atoms with Crippen LogP contribution in [0.25, 0.3) is 0 Å². The minimum atomic E-state index is -0.578. The molecule has 0 unspecified atom stereocenters. The molecule has 12 heavy (non-hydrogen) atoms. The first kappa shape index (κ1) is 8.62. The number of hydrogen-bond donors (Lipinski definition) is 2. The number of aromatic amines is 1. The largest absolute Gasteiger partial charge is 0.358 e. The Morgan fingerprint density at radius 1 is 1.92 bits per heavy atom. The van der Waals surface area contributed by atoms with E-state index in [-0.39, 0.29) is 12.4 Å². The quantitative estimate of drug-likeness (QED) is 0.499. The van der Waals surface area contributed by atoms with Crippen LogP contribution in [0.2, 0.25) is 0 Å². The lowest BCUT2D eigenvalue weighted by molar-refractivity contribution is -0.390. The molecule has 7 heteroatoms. The zero-order valence-electron chi connectivity index (χ0n) is 6.39. The van der Waals surface area contributed by atoms with Crippen molar-refractivity contribution in [3.63, 3.8) is 0 Å². The summed E-state index contributed by atoms with van der Waals surface area (Å²) >= 11 is 0. The molecule has 1 aromatic heterocycles. The number of hydroxylamine groups is 2. The summed E-state index contributed by atoms with van der Waals surface area (Å²) in [4.78, 5) is 9.72. The highest BCUT2D eigenvalue weighted by Gasteiger charge is 2.15. The second kappa shape index (κ2) is 3.28. The van der Waals surface area contributed by atoms with Crippen molar-refractivity contribution in [1.82, 2.24) is 15.3 Å². The van der Waals surface area contributed by atoms with Gasteiger partial charge in [0.15, 0.2) is 0 Å². The molecule has 0 fully saturated rings. The van der Waals surface area contributed by atoms with E-state index in [9.17, 15) is 10.1 Å². The fourth-order valence-electron chi connectivity index (χ4n) is 0.825. The van der Waals surface area contributed by atoms with E-state index >= 15 is 0 Å². The Kier molecular flexibility index (Phi) is 2.36. The zero-order valence-corrected chi connectivity index (χ0v) is 6.39. The molecule has 0 bridgehead atoms. The fraction of sp³-hybridized carbons (Fsp3) is 0.400. The van der Waals surface area contributed by atoms with E-state index in [1.54, 1.807) is 0 Å². The average Bonchev–Trinajstić information content (AvgIpc) is 2.33. The van der Waals surface area contributed by atoms with E-state index in [2.05, 4.69) is 10.2 Å². The van der Waals surface area contributed by atoms with Gasteiger partial charge in [-0.3, -0.25) is 0 Å². The Balaban J connectivity index is 2.84. The van der Waals surface area contributed by atoms with Crippen molar-refractivity contribution in [3.8, 4) is 0 Å². The van der Waals surface area contributed by atoms with Crippen LogP contribution in [0, 0.1) is 10.1 Å². The average molecular weight is 172 g/mol. The van der Waals surface area contributed by atoms with Gasteiger partial charge in [-0.15, -0.1) is 5.10 Å². The highest BCUT2D eigenvalue weighted by molar-refractivity contribution is 5.28. The minimum Gasteiger partial charge on any atom is -0.358 e. The van der Waals surface area contributed by atoms with E-state index in [4.69, 9.17) is 5.21 Å². The SMILES string of the molecule is CN(O)Cc1cn[nH]c1[N+](=O)[O-]. The van der Waals surface area contributed by atoms with Gasteiger partial charge in [0.1, 0.15) is 0 Å². The van der Waals surface area contributed by atoms with Crippen LogP contribution in [-0.2, 0) is 6.54 Å². The predicted octanol–water partition coefficient (Wildman–Crippen LogP) is 0.139. The van der Waals surface area contributed by atoms with Crippen molar-refractivity contribution in [2.24, 2.45) is 0 Å². The summed E-state index contributed by atoms with van der Waals surface area (Å²) in [5.41, 5.74) is 0.352. The van der Waals surface area contributed by atoms with Gasteiger partial charge in [-0.1, -0.05) is 5.10 Å². The lowest BCUT2D eigenvalue weighted by Crippen LogP contribution is -2.12. The van der Waals surface area contributed by atoms with Gasteiger partial charge in [0.25, 0.3) is 0 Å². The predicted molar refractivity (Wildman–Crippen MR) is 38.5 cm³/mol. The van der Waals surface area contributed by atoms with Gasteiger partial charge in [0, 0.05) is 7.05 Å². The third kappa shape index (κ3) is 1.77. The summed E-state index contributed by atoms with van der Waals surface area (Å²) in [7, 11) is 1.40. The molecule has 1 rings (SSSR count). The number of aromatic nitrogens is 2. The summed E-state index contributed by atoms with van der Waals surface area (Å²) in [6.07, 6.45) is 1.31. The lowest BCUT2D eigenvalue weighted by atomic mass is 10.3. The maximum absolute atomic E-state index is 10.3. The van der Waals surface area contributed by atoms with Gasteiger partial charge in [0.2, 0.25) is 0 Å². The van der Waals surface area contributed by atoms with Gasteiger partial charge < -0.3 is 15.3 Å². The molecular weight excluding hydrogens is 164 g/mol. The lowest BCUT2D eigenvalue weighted by Gasteiger charge is -2.04. The van der Waals surface area contributed by atoms with Crippen LogP contribution in [0.1, 0.15) is 5.56 Å². The second-order valence-electron chi connectivity index (χ2n) is 2.32. The minimum absolute atomic E-state index is 0.0762. The molecule has 0 spiro atoms. The van der Waals surface area contributed by atoms with Crippen LogP contribution in [0.3, 0.4) is 0 Å². The monoisotopic (exact) mass is 172 g/mol. The first-order valence-corrected chi connectivity index (χ1v) is 3.18. The highest BCUT2D eigenvalue weighted by Crippen LogP contribution is 2.14. The van der Waals surface area contributed by atoms with E-state index in [0.717, 1.165) is 5.06 Å². The number of nitro groups is 1. The number of nitrogens with one attached hydrogen (secondary N) is 1. The Bertz CT molecular complexity index is 282. The fourth-order valence-corrected chi connectivity index (χ4v) is 0.825. The topological polar surface area (TPSA) is 95.3 Å². The number of nitrogens with zero attached hydrogens (tertiary/aromatic N) is 3. The van der Waals surface area contributed by atoms with Crippen molar-refractivity contribution < 1.29 is 10.1 Å². The molecule has 0 saturated carbocycles. The molecule has 0 atom stereocenters. The maximum atomic E-state index is 10.3. The summed E-state index contributed by atoms with van der Waals surface area (Å²) in [6, 6.07) is 0. The van der Waals surface area contributed by atoms with Gasteiger partial charge in [0.05, 0.1) is 18.3 Å². The first-order valence-electron chi connectivity index (χ1n) is 3.18. The Morgan fingerprint density at radius 3 is 3.08 bits per heavy atom. The van der Waals surface area contributed by atoms with E-state index in [0.29, 0.717) is 5.56 Å². The van der Waals surface area contributed by atoms with Crippen LogP contribution in [0.15, 0.2) is 6.20 Å². The van der Waals surface area contributed by atoms with Gasteiger partial charge >= 0.3 is 5.82 Å². The van der Waals surface area contributed by atoms with Crippen molar-refractivity contribution in [2.75, 3.05) is 7.05 Å². The van der Waals surface area contributed by atoms with Crippen LogP contribution in [0.4, 0.5) is 5.82 Å². The van der Waals surface area contributed by atoms with Crippen molar-refractivity contribution in [1.29, 1.82) is 0 Å². The number of rotatable bonds is 3. The van der Waals surface area contributed by atoms with Crippen LogP contribution in [-0.4, -0.2) is 32.4 Å². The molecule has 0 aliphatic heterocycles. The molecule has 2 N–H and O–H groups in total. The van der Waals surface area contributed by atoms with E-state index in [1.165, 1.54) is 13.2 Å². The van der Waals surface area contributed by atoms with Crippen LogP contribution in [0.5, 0.6) is 0 Å². The summed E-state index contributed by atoms with van der Waals surface area (Å²) < 4.78 is 0. The Morgan fingerprint density at radius 2 is 2.58 bits per heavy atom. The Hall–Kier alpha value is -1.47. The van der Waals surface area contributed by atoms with Crippen molar-refractivity contribution >= 4 is 5.82 Å². The smallest absolute Gasteiger partial charge is 0.347 e. The van der Waals surface area contributed by atoms with Crippen molar-refractivity contribution in [2.45, 2.75) is 6.54 Å². The number of H-pyrrole nitrogens is 1. The molecule has 1 heterocycles. The number of hydrogen-bond acceptors (Lipinski definition) is 5. The second-order valence-corrected chi connectivity index (χ2v) is 2.32.